The number of aromatic nitrogens is 2. The molecule has 68 heavy (non-hydrogen) atoms. The van der Waals surface area contributed by atoms with Crippen LogP contribution in [0.1, 0.15) is 0 Å². The van der Waals surface area contributed by atoms with E-state index < -0.39 is 0 Å². The molecule has 0 radical (unpaired) electrons. The van der Waals surface area contributed by atoms with E-state index in [2.05, 4.69) is 247 Å². The van der Waals surface area contributed by atoms with Crippen LogP contribution in [0.15, 0.2) is 243 Å². The smallest absolute Gasteiger partial charge is 0.156 e. The lowest BCUT2D eigenvalue weighted by Gasteiger charge is -2.14. The van der Waals surface area contributed by atoms with Crippen LogP contribution in [0.25, 0.3) is 136 Å². The summed E-state index contributed by atoms with van der Waals surface area (Å²) in [4.78, 5) is 5.49. The van der Waals surface area contributed by atoms with E-state index in [0.29, 0.717) is 0 Å². The zero-order valence-electron chi connectivity index (χ0n) is 36.9. The van der Waals surface area contributed by atoms with Gasteiger partial charge in [-0.2, -0.15) is 0 Å². The topological polar surface area (TPSA) is 17.3 Å². The molecule has 3 aromatic heterocycles. The number of hydrogen-bond acceptors (Lipinski definition) is 2. The molecule has 11 aromatic carbocycles. The van der Waals surface area contributed by atoms with Gasteiger partial charge in [0.15, 0.2) is 5.65 Å². The van der Waals surface area contributed by atoms with Gasteiger partial charge in [-0.3, -0.25) is 4.40 Å². The van der Waals surface area contributed by atoms with Crippen LogP contribution in [-0.2, 0) is 0 Å². The Balaban J connectivity index is 0.861. The molecule has 316 valence electrons. The normalized spacial score (nSPS) is 11.8. The van der Waals surface area contributed by atoms with Gasteiger partial charge in [0.05, 0.1) is 21.4 Å². The number of hydrogen-bond donors (Lipinski definition) is 0. The Morgan fingerprint density at radius 2 is 0.765 bits per heavy atom. The van der Waals surface area contributed by atoms with Crippen LogP contribution < -0.4 is 0 Å². The molecule has 0 bridgehead atoms. The maximum absolute atomic E-state index is 5.49. The zero-order valence-corrected chi connectivity index (χ0v) is 37.7. The first kappa shape index (κ1) is 38.6. The predicted molar refractivity (Wildman–Crippen MR) is 291 cm³/mol. The van der Waals surface area contributed by atoms with Crippen LogP contribution in [0, 0.1) is 0 Å². The molecule has 0 unspecified atom stereocenters. The average Bonchev–Trinajstić information content (AvgIpc) is 4.01. The van der Waals surface area contributed by atoms with Crippen LogP contribution in [-0.4, -0.2) is 9.38 Å². The van der Waals surface area contributed by atoms with Gasteiger partial charge in [-0.05, 0) is 118 Å². The highest BCUT2D eigenvalue weighted by Gasteiger charge is 2.20. The van der Waals surface area contributed by atoms with Crippen molar-refractivity contribution < 1.29 is 0 Å². The standard InChI is InChI=1S/C65H40N2S/c1-3-13-41(14-4-1)49-37-50(42-15-5-2-6-16-42)39-51(38-49)43-23-25-46(26-24-43)52-34-35-53(57-22-12-11-21-56(52)57)47-27-29-48(30-28-47)61-40-59-58-33-31-45-18-8-10-20-55(45)63(58)68-64(59)65-66-62-54-19-9-7-17-44(54)32-36-60(62)67(61)65/h1-40H. The molecule has 0 saturated carbocycles. The summed E-state index contributed by atoms with van der Waals surface area (Å²) in [5.41, 5.74) is 17.5. The monoisotopic (exact) mass is 880 g/mol. The quantitative estimate of drug-likeness (QED) is 0.163. The van der Waals surface area contributed by atoms with Crippen molar-refractivity contribution in [1.82, 2.24) is 9.38 Å². The Morgan fingerprint density at radius 1 is 0.294 bits per heavy atom. The summed E-state index contributed by atoms with van der Waals surface area (Å²) in [7, 11) is 0. The fourth-order valence-electron chi connectivity index (χ4n) is 10.6. The van der Waals surface area contributed by atoms with Gasteiger partial charge in [0, 0.05) is 20.9 Å². The van der Waals surface area contributed by atoms with E-state index in [4.69, 9.17) is 4.98 Å². The molecule has 2 nitrogen and oxygen atoms in total. The highest BCUT2D eigenvalue weighted by molar-refractivity contribution is 7.27. The maximum atomic E-state index is 5.49. The molecule has 0 atom stereocenters. The van der Waals surface area contributed by atoms with Crippen molar-refractivity contribution in [2.75, 3.05) is 0 Å². The second-order valence-corrected chi connectivity index (χ2v) is 18.9. The van der Waals surface area contributed by atoms with Crippen LogP contribution in [0.5, 0.6) is 0 Å². The molecular weight excluding hydrogens is 841 g/mol. The van der Waals surface area contributed by atoms with Crippen LogP contribution in [0.4, 0.5) is 0 Å². The van der Waals surface area contributed by atoms with Crippen molar-refractivity contribution in [3.8, 4) is 66.9 Å². The number of pyridine rings is 1. The van der Waals surface area contributed by atoms with Crippen molar-refractivity contribution in [2.24, 2.45) is 0 Å². The number of fused-ring (bicyclic) bond motifs is 12. The van der Waals surface area contributed by atoms with Gasteiger partial charge in [0.25, 0.3) is 0 Å². The van der Waals surface area contributed by atoms with Crippen LogP contribution >= 0.6 is 11.3 Å². The van der Waals surface area contributed by atoms with E-state index in [1.54, 1.807) is 0 Å². The van der Waals surface area contributed by atoms with Crippen molar-refractivity contribution in [3.05, 3.63) is 243 Å². The number of nitrogens with zero attached hydrogens (tertiary/aromatic N) is 2. The lowest BCUT2D eigenvalue weighted by Crippen LogP contribution is -1.93. The van der Waals surface area contributed by atoms with Gasteiger partial charge in [-0.25, -0.2) is 4.98 Å². The number of thiophene rings is 1. The molecule has 0 aliphatic rings. The van der Waals surface area contributed by atoms with Gasteiger partial charge >= 0.3 is 0 Å². The number of imidazole rings is 1. The molecular formula is C65H40N2S. The molecule has 14 rings (SSSR count). The van der Waals surface area contributed by atoms with Crippen molar-refractivity contribution >= 4 is 80.5 Å². The minimum Gasteiger partial charge on any atom is -0.291 e. The minimum atomic E-state index is 1.01. The third-order valence-corrected chi connectivity index (χ3v) is 15.2. The Kier molecular flexibility index (Phi) is 8.80. The highest BCUT2D eigenvalue weighted by Crippen LogP contribution is 2.45. The van der Waals surface area contributed by atoms with E-state index in [0.717, 1.165) is 27.9 Å². The summed E-state index contributed by atoms with van der Waals surface area (Å²) < 4.78 is 4.92. The Labute approximate surface area is 397 Å². The van der Waals surface area contributed by atoms with Crippen molar-refractivity contribution in [2.45, 2.75) is 0 Å². The summed E-state index contributed by atoms with van der Waals surface area (Å²) in [6.07, 6.45) is 0. The van der Waals surface area contributed by atoms with Crippen LogP contribution in [0.3, 0.4) is 0 Å². The second kappa shape index (κ2) is 15.5. The van der Waals surface area contributed by atoms with Gasteiger partial charge in [0.1, 0.15) is 0 Å². The van der Waals surface area contributed by atoms with Crippen LogP contribution in [0.2, 0.25) is 0 Å². The van der Waals surface area contributed by atoms with Gasteiger partial charge in [-0.1, -0.05) is 212 Å². The zero-order chi connectivity index (χ0) is 44.7. The largest absolute Gasteiger partial charge is 0.291 e. The van der Waals surface area contributed by atoms with Crippen molar-refractivity contribution in [1.29, 1.82) is 0 Å². The lowest BCUT2D eigenvalue weighted by molar-refractivity contribution is 1.25. The van der Waals surface area contributed by atoms with E-state index in [9.17, 15) is 0 Å². The summed E-state index contributed by atoms with van der Waals surface area (Å²) in [5, 5.41) is 9.91. The van der Waals surface area contributed by atoms with E-state index in [-0.39, 0.29) is 0 Å². The molecule has 0 fully saturated rings. The predicted octanol–water partition coefficient (Wildman–Crippen LogP) is 18.3. The Hall–Kier alpha value is -8.63. The molecule has 3 heterocycles. The van der Waals surface area contributed by atoms with Gasteiger partial charge in [-0.15, -0.1) is 11.3 Å². The maximum Gasteiger partial charge on any atom is 0.156 e. The summed E-state index contributed by atoms with van der Waals surface area (Å²) in [6, 6.07) is 88.8. The molecule has 0 aliphatic carbocycles. The average molecular weight is 881 g/mol. The SMILES string of the molecule is c1ccc(-c2cc(-c3ccccc3)cc(-c3ccc(-c4ccc(-c5ccc(-c6cc7c8ccc9ccccc9c8sc7c7nc8c9ccccc9ccc8n67)cc5)c5ccccc45)cc3)c2)cc1. The molecule has 0 saturated heterocycles. The van der Waals surface area contributed by atoms with E-state index in [1.807, 2.05) is 11.3 Å². The van der Waals surface area contributed by atoms with E-state index >= 15 is 0 Å². The minimum absolute atomic E-state index is 1.01. The van der Waals surface area contributed by atoms with Gasteiger partial charge in [0.2, 0.25) is 0 Å². The third kappa shape index (κ3) is 6.21. The first-order valence-corrected chi connectivity index (χ1v) is 24.1. The third-order valence-electron chi connectivity index (χ3n) is 14.0. The highest BCUT2D eigenvalue weighted by atomic mass is 32.1. The summed E-state index contributed by atoms with van der Waals surface area (Å²) in [6.45, 7) is 0. The number of rotatable bonds is 6. The first-order valence-electron chi connectivity index (χ1n) is 23.3. The summed E-state index contributed by atoms with van der Waals surface area (Å²) in [5.74, 6) is 0. The first-order chi connectivity index (χ1) is 33.7. The van der Waals surface area contributed by atoms with Gasteiger partial charge < -0.3 is 0 Å². The fourth-order valence-corrected chi connectivity index (χ4v) is 11.9. The molecule has 0 spiro atoms. The Bertz CT molecular complexity index is 4220. The van der Waals surface area contributed by atoms with Crippen molar-refractivity contribution in [3.63, 3.8) is 0 Å². The molecule has 0 aliphatic heterocycles. The molecule has 14 aromatic rings. The van der Waals surface area contributed by atoms with E-state index in [1.165, 1.54) is 108 Å². The fraction of sp³-hybridized carbons (Fsp3) is 0. The molecule has 0 N–H and O–H groups in total. The Morgan fingerprint density at radius 3 is 1.37 bits per heavy atom. The lowest BCUT2D eigenvalue weighted by atomic mass is 9.90. The number of benzene rings is 11. The summed E-state index contributed by atoms with van der Waals surface area (Å²) >= 11 is 1.86. The second-order valence-electron chi connectivity index (χ2n) is 17.9. The molecule has 3 heteroatoms. The molecule has 0 amide bonds.